The van der Waals surface area contributed by atoms with Crippen LogP contribution in [0, 0.1) is 17.1 Å². The van der Waals surface area contributed by atoms with Crippen LogP contribution in [-0.2, 0) is 5.41 Å². The predicted molar refractivity (Wildman–Crippen MR) is 257 cm³/mol. The maximum Gasteiger partial charge on any atom is 0.171 e. The van der Waals surface area contributed by atoms with Gasteiger partial charge in [0, 0.05) is 27.6 Å². The number of benzene rings is 9. The summed E-state index contributed by atoms with van der Waals surface area (Å²) >= 11 is 6.58. The fraction of sp³-hybridized carbons (Fsp3) is 0.0172. The van der Waals surface area contributed by atoms with Crippen LogP contribution >= 0.6 is 11.6 Å². The number of hydrogen-bond donors (Lipinski definition) is 0. The number of nitrogens with zero attached hydrogens (tertiary/aromatic N) is 3. The molecule has 9 aromatic rings. The Bertz CT molecular complexity index is 3300. The van der Waals surface area contributed by atoms with Crippen LogP contribution in [-0.4, -0.2) is 0 Å². The molecule has 63 heavy (non-hydrogen) atoms. The van der Waals surface area contributed by atoms with Gasteiger partial charge in [-0.25, -0.2) is 4.39 Å². The molecule has 0 aromatic heterocycles. The molecule has 2 aliphatic rings. The summed E-state index contributed by atoms with van der Waals surface area (Å²) in [5.74, 6) is -0.401. The molecule has 298 valence electrons. The van der Waals surface area contributed by atoms with Gasteiger partial charge in [-0.15, -0.1) is 0 Å². The van der Waals surface area contributed by atoms with Crippen molar-refractivity contribution in [1.82, 2.24) is 0 Å². The van der Waals surface area contributed by atoms with Gasteiger partial charge in [0.2, 0.25) is 0 Å². The molecule has 0 radical (unpaired) electrons. The fourth-order valence-corrected chi connectivity index (χ4v) is 10.1. The SMILES string of the molecule is C=Cc1ccc(N(c2cccc(N(c3ccccc3)c3cccc(Cl)c3)c2F)c2cccc3c2-c2ccccc2C32c3ccc(C#N)cc3-c3cc(-c4ccccc4)ccc32)cc1. The lowest BCUT2D eigenvalue weighted by Crippen LogP contribution is -2.26. The molecule has 0 aliphatic heterocycles. The van der Waals surface area contributed by atoms with Crippen molar-refractivity contribution in [2.24, 2.45) is 0 Å². The van der Waals surface area contributed by atoms with Crippen LogP contribution in [0.4, 0.5) is 38.5 Å². The number of nitriles is 1. The Kier molecular flexibility index (Phi) is 9.16. The van der Waals surface area contributed by atoms with Crippen LogP contribution in [0.5, 0.6) is 0 Å². The van der Waals surface area contributed by atoms with Gasteiger partial charge in [0.1, 0.15) is 0 Å². The zero-order valence-electron chi connectivity index (χ0n) is 34.0. The zero-order chi connectivity index (χ0) is 42.7. The molecule has 0 heterocycles. The molecular weight excluding hydrogens is 793 g/mol. The van der Waals surface area contributed by atoms with Crippen LogP contribution in [0.1, 0.15) is 33.4 Å². The quantitative estimate of drug-likeness (QED) is 0.153. The van der Waals surface area contributed by atoms with Crippen LogP contribution in [0.15, 0.2) is 213 Å². The van der Waals surface area contributed by atoms with Gasteiger partial charge in [0.15, 0.2) is 5.82 Å². The first-order valence-corrected chi connectivity index (χ1v) is 21.3. The molecule has 0 bridgehead atoms. The number of anilines is 6. The minimum Gasteiger partial charge on any atom is -0.308 e. The molecule has 1 unspecified atom stereocenters. The van der Waals surface area contributed by atoms with E-state index < -0.39 is 11.2 Å². The Hall–Kier alpha value is -7.97. The highest BCUT2D eigenvalue weighted by molar-refractivity contribution is 6.30. The molecule has 0 amide bonds. The van der Waals surface area contributed by atoms with E-state index in [2.05, 4.69) is 109 Å². The molecule has 0 saturated heterocycles. The van der Waals surface area contributed by atoms with Gasteiger partial charge in [-0.2, -0.15) is 5.26 Å². The van der Waals surface area contributed by atoms with Crippen molar-refractivity contribution in [3.8, 4) is 39.4 Å². The number of rotatable bonds is 8. The fourth-order valence-electron chi connectivity index (χ4n) is 9.93. The highest BCUT2D eigenvalue weighted by atomic mass is 35.5. The second-order valence-corrected chi connectivity index (χ2v) is 16.3. The Balaban J connectivity index is 1.18. The molecule has 3 nitrogen and oxygen atoms in total. The highest BCUT2D eigenvalue weighted by Gasteiger charge is 2.52. The van der Waals surface area contributed by atoms with E-state index in [0.29, 0.717) is 22.0 Å². The van der Waals surface area contributed by atoms with E-state index in [9.17, 15) is 5.26 Å². The Labute approximate surface area is 371 Å². The molecule has 0 saturated carbocycles. The van der Waals surface area contributed by atoms with Crippen molar-refractivity contribution >= 4 is 51.8 Å². The lowest BCUT2D eigenvalue weighted by Gasteiger charge is -2.33. The summed E-state index contributed by atoms with van der Waals surface area (Å²) in [6.07, 6.45) is 1.81. The van der Waals surface area contributed by atoms with E-state index in [1.807, 2.05) is 126 Å². The summed E-state index contributed by atoms with van der Waals surface area (Å²) in [5, 5.41) is 10.7. The van der Waals surface area contributed by atoms with Gasteiger partial charge in [0.05, 0.1) is 34.1 Å². The molecule has 9 aromatic carbocycles. The lowest BCUT2D eigenvalue weighted by molar-refractivity contribution is 0.630. The molecule has 11 rings (SSSR count). The highest BCUT2D eigenvalue weighted by Crippen LogP contribution is 2.65. The minimum atomic E-state index is -0.717. The summed E-state index contributed by atoms with van der Waals surface area (Å²) in [5.41, 5.74) is 15.7. The topological polar surface area (TPSA) is 30.3 Å². The summed E-state index contributed by atoms with van der Waals surface area (Å²) in [6, 6.07) is 71.7. The first-order chi connectivity index (χ1) is 31.0. The van der Waals surface area contributed by atoms with Crippen LogP contribution in [0.2, 0.25) is 5.02 Å². The first kappa shape index (κ1) is 38.0. The maximum absolute atomic E-state index is 18.2. The van der Waals surface area contributed by atoms with Crippen molar-refractivity contribution in [2.45, 2.75) is 5.41 Å². The summed E-state index contributed by atoms with van der Waals surface area (Å²) in [6.45, 7) is 4.01. The first-order valence-electron chi connectivity index (χ1n) is 20.9. The van der Waals surface area contributed by atoms with Crippen LogP contribution in [0.3, 0.4) is 0 Å². The summed E-state index contributed by atoms with van der Waals surface area (Å²) in [4.78, 5) is 3.96. The van der Waals surface area contributed by atoms with Crippen molar-refractivity contribution in [3.05, 3.63) is 257 Å². The zero-order valence-corrected chi connectivity index (χ0v) is 34.8. The summed E-state index contributed by atoms with van der Waals surface area (Å²) in [7, 11) is 0. The van der Waals surface area contributed by atoms with Gasteiger partial charge in [0.25, 0.3) is 0 Å². The number of halogens is 2. The minimum absolute atomic E-state index is 0.374. The van der Waals surface area contributed by atoms with E-state index in [-0.39, 0.29) is 0 Å². The van der Waals surface area contributed by atoms with E-state index in [1.165, 1.54) is 0 Å². The molecule has 0 fully saturated rings. The average Bonchev–Trinajstić information content (AvgIpc) is 3.80. The van der Waals surface area contributed by atoms with Crippen LogP contribution < -0.4 is 9.80 Å². The lowest BCUT2D eigenvalue weighted by atomic mass is 9.70. The van der Waals surface area contributed by atoms with Crippen molar-refractivity contribution in [1.29, 1.82) is 5.26 Å². The van der Waals surface area contributed by atoms with Crippen molar-refractivity contribution < 1.29 is 4.39 Å². The van der Waals surface area contributed by atoms with Gasteiger partial charge >= 0.3 is 0 Å². The van der Waals surface area contributed by atoms with Gasteiger partial charge in [-0.05, 0) is 134 Å². The molecule has 0 N–H and O–H groups in total. The van der Waals surface area contributed by atoms with E-state index in [4.69, 9.17) is 11.6 Å². The third-order valence-electron chi connectivity index (χ3n) is 12.6. The van der Waals surface area contributed by atoms with E-state index in [0.717, 1.165) is 83.9 Å². The number of hydrogen-bond acceptors (Lipinski definition) is 3. The largest absolute Gasteiger partial charge is 0.308 e. The monoisotopic (exact) mass is 829 g/mol. The number of fused-ring (bicyclic) bond motifs is 10. The van der Waals surface area contributed by atoms with Crippen molar-refractivity contribution in [3.63, 3.8) is 0 Å². The van der Waals surface area contributed by atoms with E-state index in [1.54, 1.807) is 0 Å². The molecule has 1 spiro atoms. The normalized spacial score (nSPS) is 14.0. The third-order valence-corrected chi connectivity index (χ3v) is 12.8. The van der Waals surface area contributed by atoms with E-state index >= 15 is 4.39 Å². The van der Waals surface area contributed by atoms with Gasteiger partial charge < -0.3 is 9.80 Å². The Morgan fingerprint density at radius 2 is 1.08 bits per heavy atom. The predicted octanol–water partition coefficient (Wildman–Crippen LogP) is 15.9. The maximum atomic E-state index is 18.2. The number of para-hydroxylation sites is 1. The van der Waals surface area contributed by atoms with Crippen LogP contribution in [0.25, 0.3) is 39.5 Å². The molecule has 5 heteroatoms. The Morgan fingerprint density at radius 3 is 1.83 bits per heavy atom. The summed E-state index contributed by atoms with van der Waals surface area (Å²) < 4.78 is 18.2. The Morgan fingerprint density at radius 1 is 0.492 bits per heavy atom. The molecule has 1 atom stereocenters. The standard InChI is InChI=1S/C58H37ClFN3/c1-2-38-26-30-44(31-27-38)63(55-25-13-24-54(57(55)60)62(43-17-7-4-8-18-43)45-19-11-16-42(59)36-45)53-23-12-22-52-56(53)46-20-9-10-21-49(46)58(52)50-32-28-39(37-61)34-47(50)48-35-41(29-33-51(48)58)40-14-5-3-6-15-40/h2-36H,1H2. The molecular formula is C58H37ClFN3. The average molecular weight is 830 g/mol. The smallest absolute Gasteiger partial charge is 0.171 e. The second kappa shape index (κ2) is 15.2. The van der Waals surface area contributed by atoms with Gasteiger partial charge in [-0.1, -0.05) is 152 Å². The second-order valence-electron chi connectivity index (χ2n) is 15.9. The molecule has 2 aliphatic carbocycles. The third kappa shape index (κ3) is 5.93. The van der Waals surface area contributed by atoms with Crippen molar-refractivity contribution in [2.75, 3.05) is 9.80 Å². The van der Waals surface area contributed by atoms with Gasteiger partial charge in [-0.3, -0.25) is 0 Å².